The van der Waals surface area contributed by atoms with Crippen LogP contribution in [0, 0.1) is 5.92 Å². The van der Waals surface area contributed by atoms with E-state index in [-0.39, 0.29) is 18.4 Å². The number of methoxy groups -OCH3 is 1. The number of hydrogen-bond acceptors (Lipinski definition) is 6. The third-order valence-corrected chi connectivity index (χ3v) is 5.49. The van der Waals surface area contributed by atoms with E-state index >= 15 is 0 Å². The summed E-state index contributed by atoms with van der Waals surface area (Å²) in [7, 11) is 1.29. The summed E-state index contributed by atoms with van der Waals surface area (Å²) in [5.41, 5.74) is -0.451. The first-order valence-electron chi connectivity index (χ1n) is 11.2. The maximum absolute atomic E-state index is 13.2. The molecule has 0 radical (unpaired) electrons. The van der Waals surface area contributed by atoms with Gasteiger partial charge in [0, 0.05) is 6.54 Å². The zero-order chi connectivity index (χ0) is 24.6. The fraction of sp³-hybridized carbons (Fsp3) is 0.583. The second-order valence-electron chi connectivity index (χ2n) is 9.18. The van der Waals surface area contributed by atoms with Crippen LogP contribution in [-0.2, 0) is 30.5 Å². The molecule has 0 aliphatic carbocycles. The fourth-order valence-corrected chi connectivity index (χ4v) is 3.81. The molecule has 3 amide bonds. The summed E-state index contributed by atoms with van der Waals surface area (Å²) in [4.78, 5) is 52.0. The summed E-state index contributed by atoms with van der Waals surface area (Å²) in [6.07, 6.45) is 0.854. The molecule has 33 heavy (non-hydrogen) atoms. The minimum absolute atomic E-state index is 0.0799. The lowest BCUT2D eigenvalue weighted by Gasteiger charge is -2.34. The zero-order valence-electron chi connectivity index (χ0n) is 20.1. The number of alkyl carbamates (subject to hydrolysis) is 1. The van der Waals surface area contributed by atoms with Gasteiger partial charge in [0.25, 0.3) is 0 Å². The van der Waals surface area contributed by atoms with Crippen LogP contribution in [0.1, 0.15) is 52.5 Å². The second kappa shape index (κ2) is 11.7. The van der Waals surface area contributed by atoms with E-state index in [1.54, 1.807) is 13.8 Å². The number of ether oxygens (including phenoxy) is 2. The Kier molecular flexibility index (Phi) is 9.25. The summed E-state index contributed by atoms with van der Waals surface area (Å²) in [6.45, 7) is 7.52. The van der Waals surface area contributed by atoms with Crippen molar-refractivity contribution in [1.82, 2.24) is 15.5 Å². The Hall–Kier alpha value is -3.10. The van der Waals surface area contributed by atoms with Gasteiger partial charge in [-0.3, -0.25) is 9.59 Å². The third-order valence-electron chi connectivity index (χ3n) is 5.49. The van der Waals surface area contributed by atoms with E-state index in [1.165, 1.54) is 12.0 Å². The Labute approximate surface area is 195 Å². The van der Waals surface area contributed by atoms with Crippen LogP contribution in [0.3, 0.4) is 0 Å². The molecule has 0 saturated carbocycles. The maximum atomic E-state index is 13.2. The molecule has 1 fully saturated rings. The van der Waals surface area contributed by atoms with E-state index in [1.807, 2.05) is 44.2 Å². The quantitative estimate of drug-likeness (QED) is 0.546. The minimum atomic E-state index is -1.28. The van der Waals surface area contributed by atoms with Crippen LogP contribution in [0.15, 0.2) is 30.3 Å². The number of amides is 3. The van der Waals surface area contributed by atoms with E-state index in [9.17, 15) is 19.2 Å². The van der Waals surface area contributed by atoms with E-state index in [0.29, 0.717) is 25.8 Å². The van der Waals surface area contributed by atoms with Crippen molar-refractivity contribution < 1.29 is 28.7 Å². The molecule has 1 aromatic carbocycles. The first-order valence-corrected chi connectivity index (χ1v) is 11.2. The van der Waals surface area contributed by atoms with E-state index in [0.717, 1.165) is 5.56 Å². The van der Waals surface area contributed by atoms with Crippen molar-refractivity contribution in [3.05, 3.63) is 35.9 Å². The highest BCUT2D eigenvalue weighted by molar-refractivity contribution is 5.95. The van der Waals surface area contributed by atoms with Gasteiger partial charge in [0.05, 0.1) is 7.11 Å². The van der Waals surface area contributed by atoms with Crippen LogP contribution in [0.5, 0.6) is 0 Å². The summed E-state index contributed by atoms with van der Waals surface area (Å²) < 4.78 is 10.1. The van der Waals surface area contributed by atoms with E-state index in [4.69, 9.17) is 9.47 Å². The minimum Gasteiger partial charge on any atom is -0.467 e. The van der Waals surface area contributed by atoms with Gasteiger partial charge in [-0.2, -0.15) is 0 Å². The van der Waals surface area contributed by atoms with Crippen molar-refractivity contribution in [2.75, 3.05) is 13.7 Å². The van der Waals surface area contributed by atoms with Crippen LogP contribution in [0.25, 0.3) is 0 Å². The van der Waals surface area contributed by atoms with Gasteiger partial charge < -0.3 is 25.0 Å². The van der Waals surface area contributed by atoms with Gasteiger partial charge in [0.2, 0.25) is 11.8 Å². The highest BCUT2D eigenvalue weighted by atomic mass is 16.5. The largest absolute Gasteiger partial charge is 0.467 e. The summed E-state index contributed by atoms with van der Waals surface area (Å²) in [6, 6.07) is 7.68. The van der Waals surface area contributed by atoms with Gasteiger partial charge in [-0.15, -0.1) is 0 Å². The molecule has 0 spiro atoms. The highest BCUT2D eigenvalue weighted by Gasteiger charge is 2.42. The third kappa shape index (κ3) is 7.47. The molecule has 9 heteroatoms. The molecular formula is C24H35N3O6. The Bertz CT molecular complexity index is 840. The van der Waals surface area contributed by atoms with Crippen molar-refractivity contribution in [2.45, 2.75) is 71.2 Å². The number of nitrogens with one attached hydrogen (secondary N) is 2. The summed E-state index contributed by atoms with van der Waals surface area (Å²) >= 11 is 0. The molecule has 9 nitrogen and oxygen atoms in total. The second-order valence-corrected chi connectivity index (χ2v) is 9.18. The van der Waals surface area contributed by atoms with Gasteiger partial charge in [0.15, 0.2) is 0 Å². The smallest absolute Gasteiger partial charge is 0.408 e. The molecule has 1 aliphatic rings. The highest BCUT2D eigenvalue weighted by Crippen LogP contribution is 2.22. The lowest BCUT2D eigenvalue weighted by Crippen LogP contribution is -2.61. The molecule has 1 aromatic rings. The number of rotatable bonds is 9. The summed E-state index contributed by atoms with van der Waals surface area (Å²) in [5, 5.41) is 5.36. The Morgan fingerprint density at radius 3 is 2.42 bits per heavy atom. The first kappa shape index (κ1) is 26.2. The van der Waals surface area contributed by atoms with Crippen LogP contribution in [-0.4, -0.2) is 60.1 Å². The lowest BCUT2D eigenvalue weighted by atomic mass is 9.99. The van der Waals surface area contributed by atoms with Gasteiger partial charge in [-0.1, -0.05) is 44.2 Å². The number of carbonyl (C=O) groups excluding carboxylic acids is 4. The molecule has 1 heterocycles. The van der Waals surface area contributed by atoms with Crippen molar-refractivity contribution >= 4 is 23.9 Å². The molecule has 0 aromatic heterocycles. The van der Waals surface area contributed by atoms with E-state index in [2.05, 4.69) is 10.6 Å². The number of hydrogen-bond donors (Lipinski definition) is 2. The number of esters is 1. The Morgan fingerprint density at radius 1 is 1.15 bits per heavy atom. The predicted molar refractivity (Wildman–Crippen MR) is 122 cm³/mol. The van der Waals surface area contributed by atoms with Gasteiger partial charge >= 0.3 is 12.1 Å². The molecule has 182 valence electrons. The Morgan fingerprint density at radius 2 is 1.82 bits per heavy atom. The van der Waals surface area contributed by atoms with Gasteiger partial charge in [-0.25, -0.2) is 9.59 Å². The van der Waals surface area contributed by atoms with Crippen LogP contribution >= 0.6 is 0 Å². The molecule has 2 N–H and O–H groups in total. The fourth-order valence-electron chi connectivity index (χ4n) is 3.81. The number of benzene rings is 1. The van der Waals surface area contributed by atoms with Crippen molar-refractivity contribution in [3.8, 4) is 0 Å². The zero-order valence-corrected chi connectivity index (χ0v) is 20.1. The molecular weight excluding hydrogens is 426 g/mol. The SMILES string of the molecule is COC(=O)[C@@H]1CCCN1C(=O)C(C)(C)NC(=O)[C@H](CC(C)C)NC(=O)OCc1ccccc1. The topological polar surface area (TPSA) is 114 Å². The van der Waals surface area contributed by atoms with Gasteiger partial charge in [0.1, 0.15) is 24.2 Å². The van der Waals surface area contributed by atoms with Crippen molar-refractivity contribution in [3.63, 3.8) is 0 Å². The molecule has 0 bridgehead atoms. The van der Waals surface area contributed by atoms with Crippen molar-refractivity contribution in [1.29, 1.82) is 0 Å². The number of likely N-dealkylation sites (tertiary alicyclic amines) is 1. The average Bonchev–Trinajstić information content (AvgIpc) is 3.26. The monoisotopic (exact) mass is 461 g/mol. The van der Waals surface area contributed by atoms with Crippen molar-refractivity contribution in [2.24, 2.45) is 5.92 Å². The summed E-state index contributed by atoms with van der Waals surface area (Å²) in [5.74, 6) is -1.23. The standard InChI is InChI=1S/C24H35N3O6/c1-16(2)14-18(25-23(31)33-15-17-10-7-6-8-11-17)20(28)26-24(3,4)22(30)27-13-9-12-19(27)21(29)32-5/h6-8,10-11,16,18-19H,9,12-15H2,1-5H3,(H,25,31)(H,26,28)/t18-,19-/m0/s1. The molecule has 2 rings (SSSR count). The maximum Gasteiger partial charge on any atom is 0.408 e. The normalized spacial score (nSPS) is 16.8. The van der Waals surface area contributed by atoms with Crippen LogP contribution < -0.4 is 10.6 Å². The molecule has 2 atom stereocenters. The molecule has 0 unspecified atom stereocenters. The van der Waals surface area contributed by atoms with Crippen LogP contribution in [0.2, 0.25) is 0 Å². The predicted octanol–water partition coefficient (Wildman–Crippen LogP) is 2.39. The number of nitrogens with zero attached hydrogens (tertiary/aromatic N) is 1. The number of carbonyl (C=O) groups is 4. The van der Waals surface area contributed by atoms with Crippen LogP contribution in [0.4, 0.5) is 4.79 Å². The van der Waals surface area contributed by atoms with Gasteiger partial charge in [-0.05, 0) is 44.6 Å². The Balaban J connectivity index is 2.02. The average molecular weight is 462 g/mol. The molecule has 1 aliphatic heterocycles. The molecule has 1 saturated heterocycles. The first-order chi connectivity index (χ1) is 15.5. The lowest BCUT2D eigenvalue weighted by molar-refractivity contribution is -0.153. The van der Waals surface area contributed by atoms with E-state index < -0.39 is 35.6 Å².